The van der Waals surface area contributed by atoms with Gasteiger partial charge in [0, 0.05) is 0 Å². The van der Waals surface area contributed by atoms with E-state index in [0.717, 1.165) is 0 Å². The molecule has 1 aromatic carbocycles. The van der Waals surface area contributed by atoms with Crippen LogP contribution < -0.4 is 5.73 Å². The highest BCUT2D eigenvalue weighted by Gasteiger charge is 2.51. The molecule has 4 heteroatoms. The monoisotopic (exact) mass is 237 g/mol. The summed E-state index contributed by atoms with van der Waals surface area (Å²) in [6, 6.07) is 6.16. The molecule has 0 bridgehead atoms. The molecule has 1 fully saturated rings. The van der Waals surface area contributed by atoms with Gasteiger partial charge in [-0.15, -0.1) is 0 Å². The second-order valence-corrected chi connectivity index (χ2v) is 4.59. The molecule has 92 valence electrons. The van der Waals surface area contributed by atoms with E-state index >= 15 is 0 Å². The Labute approximate surface area is 99.8 Å². The summed E-state index contributed by atoms with van der Waals surface area (Å²) in [7, 11) is 1.36. The summed E-state index contributed by atoms with van der Waals surface area (Å²) in [5.41, 5.74) is 5.57. The summed E-state index contributed by atoms with van der Waals surface area (Å²) in [4.78, 5) is 11.9. The van der Waals surface area contributed by atoms with Crippen molar-refractivity contribution in [1.29, 1.82) is 0 Å². The zero-order valence-corrected chi connectivity index (χ0v) is 9.78. The fourth-order valence-corrected chi connectivity index (χ4v) is 2.59. The Morgan fingerprint density at radius 1 is 1.59 bits per heavy atom. The quantitative estimate of drug-likeness (QED) is 0.812. The van der Waals surface area contributed by atoms with Gasteiger partial charge in [-0.1, -0.05) is 12.1 Å². The zero-order valence-electron chi connectivity index (χ0n) is 9.78. The van der Waals surface area contributed by atoms with Crippen LogP contribution in [-0.2, 0) is 14.9 Å². The van der Waals surface area contributed by atoms with E-state index in [2.05, 4.69) is 0 Å². The molecular weight excluding hydrogens is 221 g/mol. The molecule has 0 radical (unpaired) electrons. The molecule has 17 heavy (non-hydrogen) atoms. The SMILES string of the molecule is COC(=O)C1(c2cccc(F)c2)CC(CN)C1. The van der Waals surface area contributed by atoms with Gasteiger partial charge in [-0.05, 0) is 43.0 Å². The first-order valence-electron chi connectivity index (χ1n) is 5.67. The smallest absolute Gasteiger partial charge is 0.316 e. The van der Waals surface area contributed by atoms with Crippen molar-refractivity contribution in [3.63, 3.8) is 0 Å². The topological polar surface area (TPSA) is 52.3 Å². The lowest BCUT2D eigenvalue weighted by atomic mass is 9.58. The van der Waals surface area contributed by atoms with Crippen LogP contribution in [0, 0.1) is 11.7 Å². The van der Waals surface area contributed by atoms with E-state index in [0.29, 0.717) is 30.9 Å². The fraction of sp³-hybridized carbons (Fsp3) is 0.462. The molecule has 0 aromatic heterocycles. The number of carbonyl (C=O) groups is 1. The number of nitrogens with two attached hydrogens (primary N) is 1. The van der Waals surface area contributed by atoms with Crippen molar-refractivity contribution in [2.45, 2.75) is 18.3 Å². The first kappa shape index (κ1) is 12.0. The van der Waals surface area contributed by atoms with Gasteiger partial charge in [0.25, 0.3) is 0 Å². The number of hydrogen-bond acceptors (Lipinski definition) is 3. The Bertz CT molecular complexity index is 427. The molecule has 2 rings (SSSR count). The maximum absolute atomic E-state index is 13.2. The van der Waals surface area contributed by atoms with Gasteiger partial charge in [0.1, 0.15) is 5.82 Å². The van der Waals surface area contributed by atoms with Crippen molar-refractivity contribution in [2.75, 3.05) is 13.7 Å². The molecule has 1 aliphatic carbocycles. The highest BCUT2D eigenvalue weighted by Crippen LogP contribution is 2.48. The van der Waals surface area contributed by atoms with E-state index in [1.807, 2.05) is 0 Å². The molecule has 0 saturated heterocycles. The van der Waals surface area contributed by atoms with Gasteiger partial charge < -0.3 is 10.5 Å². The van der Waals surface area contributed by atoms with E-state index in [1.165, 1.54) is 19.2 Å². The van der Waals surface area contributed by atoms with Gasteiger partial charge >= 0.3 is 5.97 Å². The van der Waals surface area contributed by atoms with Crippen molar-refractivity contribution in [1.82, 2.24) is 0 Å². The van der Waals surface area contributed by atoms with Crippen LogP contribution in [0.2, 0.25) is 0 Å². The van der Waals surface area contributed by atoms with Crippen LogP contribution in [0.5, 0.6) is 0 Å². The number of hydrogen-bond donors (Lipinski definition) is 1. The largest absolute Gasteiger partial charge is 0.468 e. The lowest BCUT2D eigenvalue weighted by Crippen LogP contribution is -2.50. The van der Waals surface area contributed by atoms with Gasteiger partial charge in [0.15, 0.2) is 0 Å². The lowest BCUT2D eigenvalue weighted by molar-refractivity contribution is -0.153. The molecular formula is C13H16FNO2. The highest BCUT2D eigenvalue weighted by molar-refractivity contribution is 5.84. The van der Waals surface area contributed by atoms with Gasteiger partial charge in [-0.3, -0.25) is 4.79 Å². The number of rotatable bonds is 3. The van der Waals surface area contributed by atoms with Crippen molar-refractivity contribution in [3.8, 4) is 0 Å². The first-order valence-corrected chi connectivity index (χ1v) is 5.67. The molecule has 0 spiro atoms. The summed E-state index contributed by atoms with van der Waals surface area (Å²) < 4.78 is 18.1. The van der Waals surface area contributed by atoms with Gasteiger partial charge in [0.05, 0.1) is 12.5 Å². The van der Waals surface area contributed by atoms with Crippen molar-refractivity contribution < 1.29 is 13.9 Å². The van der Waals surface area contributed by atoms with Crippen molar-refractivity contribution >= 4 is 5.97 Å². The minimum atomic E-state index is -0.694. The van der Waals surface area contributed by atoms with Crippen LogP contribution in [0.3, 0.4) is 0 Å². The Kier molecular flexibility index (Phi) is 3.15. The minimum Gasteiger partial charge on any atom is -0.468 e. The Morgan fingerprint density at radius 3 is 2.82 bits per heavy atom. The third-order valence-corrected chi connectivity index (χ3v) is 3.56. The number of ether oxygens (including phenoxy) is 1. The van der Waals surface area contributed by atoms with Crippen LogP contribution in [-0.4, -0.2) is 19.6 Å². The van der Waals surface area contributed by atoms with E-state index < -0.39 is 5.41 Å². The normalized spacial score (nSPS) is 27.4. The predicted octanol–water partition coefficient (Wildman–Crippen LogP) is 1.61. The van der Waals surface area contributed by atoms with E-state index in [1.54, 1.807) is 12.1 Å². The Hall–Kier alpha value is -1.42. The lowest BCUT2D eigenvalue weighted by Gasteiger charge is -2.45. The predicted molar refractivity (Wildman–Crippen MR) is 61.9 cm³/mol. The number of methoxy groups -OCH3 is 1. The van der Waals surface area contributed by atoms with E-state index in [-0.39, 0.29) is 11.8 Å². The molecule has 0 heterocycles. The van der Waals surface area contributed by atoms with Crippen LogP contribution in [0.4, 0.5) is 4.39 Å². The molecule has 0 unspecified atom stereocenters. The van der Waals surface area contributed by atoms with E-state index in [4.69, 9.17) is 10.5 Å². The molecule has 3 nitrogen and oxygen atoms in total. The number of benzene rings is 1. The number of halogens is 1. The molecule has 1 aliphatic rings. The zero-order chi connectivity index (χ0) is 12.5. The number of esters is 1. The highest BCUT2D eigenvalue weighted by atomic mass is 19.1. The maximum atomic E-state index is 13.2. The Morgan fingerprint density at radius 2 is 2.29 bits per heavy atom. The summed E-state index contributed by atoms with van der Waals surface area (Å²) in [5, 5.41) is 0. The van der Waals surface area contributed by atoms with Crippen LogP contribution in [0.25, 0.3) is 0 Å². The average Bonchev–Trinajstić information content (AvgIpc) is 2.28. The average molecular weight is 237 g/mol. The van der Waals surface area contributed by atoms with Gasteiger partial charge in [-0.25, -0.2) is 4.39 Å². The molecule has 1 aromatic rings. The van der Waals surface area contributed by atoms with Gasteiger partial charge in [-0.2, -0.15) is 0 Å². The minimum absolute atomic E-state index is 0.298. The molecule has 1 saturated carbocycles. The standard InChI is InChI=1S/C13H16FNO2/c1-17-12(16)13(6-9(7-13)8-15)10-3-2-4-11(14)5-10/h2-5,9H,6-8,15H2,1H3. The second kappa shape index (κ2) is 4.45. The van der Waals surface area contributed by atoms with Crippen molar-refractivity contribution in [2.24, 2.45) is 11.7 Å². The summed E-state index contributed by atoms with van der Waals surface area (Å²) in [5.74, 6) is -0.313. The third-order valence-electron chi connectivity index (χ3n) is 3.56. The molecule has 0 atom stereocenters. The molecule has 0 amide bonds. The molecule has 0 aliphatic heterocycles. The summed E-state index contributed by atoms with van der Waals surface area (Å²) in [6.07, 6.45) is 1.28. The number of carbonyl (C=O) groups excluding carboxylic acids is 1. The van der Waals surface area contributed by atoms with Crippen LogP contribution in [0.15, 0.2) is 24.3 Å². The third kappa shape index (κ3) is 1.93. The second-order valence-electron chi connectivity index (χ2n) is 4.59. The van der Waals surface area contributed by atoms with Crippen molar-refractivity contribution in [3.05, 3.63) is 35.6 Å². The Balaban J connectivity index is 2.33. The summed E-state index contributed by atoms with van der Waals surface area (Å²) in [6.45, 7) is 0.550. The summed E-state index contributed by atoms with van der Waals surface area (Å²) >= 11 is 0. The fourth-order valence-electron chi connectivity index (χ4n) is 2.59. The first-order chi connectivity index (χ1) is 8.12. The van der Waals surface area contributed by atoms with Crippen LogP contribution in [0.1, 0.15) is 18.4 Å². The van der Waals surface area contributed by atoms with Gasteiger partial charge in [0.2, 0.25) is 0 Å². The maximum Gasteiger partial charge on any atom is 0.316 e. The van der Waals surface area contributed by atoms with Crippen LogP contribution >= 0.6 is 0 Å². The molecule has 2 N–H and O–H groups in total. The van der Waals surface area contributed by atoms with E-state index in [9.17, 15) is 9.18 Å².